The Bertz CT molecular complexity index is 453. The summed E-state index contributed by atoms with van der Waals surface area (Å²) in [6.07, 6.45) is 4.22. The summed E-state index contributed by atoms with van der Waals surface area (Å²) in [5.74, 6) is 1.69. The topological polar surface area (TPSA) is 61.8 Å². The van der Waals surface area contributed by atoms with Crippen LogP contribution in [-0.2, 0) is 0 Å². The van der Waals surface area contributed by atoms with Crippen LogP contribution in [0.2, 0.25) is 0 Å². The molecule has 0 unspecified atom stereocenters. The normalized spacial score (nSPS) is 16.4. The molecule has 1 aromatic carbocycles. The van der Waals surface area contributed by atoms with E-state index in [-0.39, 0.29) is 0 Å². The molecule has 0 bridgehead atoms. The number of likely N-dealkylation sites (tertiary alicyclic amines) is 1. The first-order chi connectivity index (χ1) is 10.7. The number of anilines is 1. The Kier molecular flexibility index (Phi) is 6.52. The van der Waals surface area contributed by atoms with Gasteiger partial charge < -0.3 is 9.84 Å². The van der Waals surface area contributed by atoms with Crippen LogP contribution in [0.4, 0.5) is 10.5 Å². The van der Waals surface area contributed by atoms with Crippen LogP contribution in [0.1, 0.15) is 32.6 Å². The highest BCUT2D eigenvalue weighted by Gasteiger charge is 2.17. The van der Waals surface area contributed by atoms with Crippen LogP contribution in [0.3, 0.4) is 0 Å². The van der Waals surface area contributed by atoms with E-state index < -0.39 is 6.09 Å². The number of hydrogen-bond donors (Lipinski definition) is 2. The molecule has 1 aliphatic heterocycles. The van der Waals surface area contributed by atoms with Crippen molar-refractivity contribution in [2.45, 2.75) is 32.6 Å². The Morgan fingerprint density at radius 2 is 2.00 bits per heavy atom. The van der Waals surface area contributed by atoms with Crippen LogP contribution in [0, 0.1) is 5.92 Å². The zero-order valence-corrected chi connectivity index (χ0v) is 13.3. The maximum atomic E-state index is 10.5. The predicted molar refractivity (Wildman–Crippen MR) is 87.7 cm³/mol. The van der Waals surface area contributed by atoms with Gasteiger partial charge in [-0.2, -0.15) is 0 Å². The van der Waals surface area contributed by atoms with Gasteiger partial charge in [-0.25, -0.2) is 4.79 Å². The van der Waals surface area contributed by atoms with Gasteiger partial charge in [0, 0.05) is 12.2 Å². The minimum atomic E-state index is -1.06. The molecule has 122 valence electrons. The van der Waals surface area contributed by atoms with E-state index in [2.05, 4.69) is 17.1 Å². The van der Waals surface area contributed by atoms with Crippen molar-refractivity contribution in [3.8, 4) is 5.75 Å². The summed E-state index contributed by atoms with van der Waals surface area (Å²) in [4.78, 5) is 13.0. The first kappa shape index (κ1) is 16.6. The number of ether oxygens (including phenoxy) is 1. The van der Waals surface area contributed by atoms with E-state index in [1.165, 1.54) is 38.8 Å². The molecule has 0 atom stereocenters. The molecule has 5 heteroatoms. The molecule has 1 saturated heterocycles. The average molecular weight is 306 g/mol. The fourth-order valence-electron chi connectivity index (χ4n) is 2.96. The van der Waals surface area contributed by atoms with E-state index in [1.54, 1.807) is 24.3 Å². The van der Waals surface area contributed by atoms with Gasteiger partial charge in [0.1, 0.15) is 12.4 Å². The second kappa shape index (κ2) is 8.63. The summed E-state index contributed by atoms with van der Waals surface area (Å²) >= 11 is 0. The van der Waals surface area contributed by atoms with Crippen LogP contribution >= 0.6 is 0 Å². The number of rotatable bonds is 7. The Balaban J connectivity index is 1.65. The second-order valence-corrected chi connectivity index (χ2v) is 5.88. The second-order valence-electron chi connectivity index (χ2n) is 5.88. The Morgan fingerprint density at radius 1 is 1.32 bits per heavy atom. The lowest BCUT2D eigenvalue weighted by Gasteiger charge is -2.31. The standard InChI is InChI=1S/C17H26N2O3/c1-2-3-14-8-10-19(11-9-14)12-13-22-16-6-4-15(5-7-16)18-17(20)21/h4-7,14,18H,2-3,8-13H2,1H3,(H,20,21). The van der Waals surface area contributed by atoms with Gasteiger partial charge >= 0.3 is 6.09 Å². The van der Waals surface area contributed by atoms with Crippen molar-refractivity contribution in [2.24, 2.45) is 5.92 Å². The number of piperidine rings is 1. The molecule has 0 spiro atoms. The third kappa shape index (κ3) is 5.56. The molecule has 1 fully saturated rings. The summed E-state index contributed by atoms with van der Waals surface area (Å²) in [6.45, 7) is 6.24. The molecule has 0 radical (unpaired) electrons. The molecule has 1 amide bonds. The lowest BCUT2D eigenvalue weighted by atomic mass is 9.92. The Hall–Kier alpha value is -1.75. The monoisotopic (exact) mass is 306 g/mol. The van der Waals surface area contributed by atoms with Crippen LogP contribution < -0.4 is 10.1 Å². The Morgan fingerprint density at radius 3 is 2.59 bits per heavy atom. The van der Waals surface area contributed by atoms with Crippen molar-refractivity contribution in [3.05, 3.63) is 24.3 Å². The van der Waals surface area contributed by atoms with Gasteiger partial charge in [0.15, 0.2) is 0 Å². The van der Waals surface area contributed by atoms with E-state index in [1.807, 2.05) is 0 Å². The highest BCUT2D eigenvalue weighted by molar-refractivity contribution is 5.82. The molecular weight excluding hydrogens is 280 g/mol. The molecule has 22 heavy (non-hydrogen) atoms. The van der Waals surface area contributed by atoms with Gasteiger partial charge in [0.25, 0.3) is 0 Å². The summed E-state index contributed by atoms with van der Waals surface area (Å²) in [7, 11) is 0. The third-order valence-electron chi connectivity index (χ3n) is 4.19. The van der Waals surface area contributed by atoms with Crippen LogP contribution in [0.15, 0.2) is 24.3 Å². The van der Waals surface area contributed by atoms with E-state index in [0.717, 1.165) is 18.2 Å². The van der Waals surface area contributed by atoms with E-state index in [4.69, 9.17) is 9.84 Å². The number of benzene rings is 1. The first-order valence-electron chi connectivity index (χ1n) is 8.12. The fraction of sp³-hybridized carbons (Fsp3) is 0.588. The van der Waals surface area contributed by atoms with Crippen molar-refractivity contribution in [2.75, 3.05) is 31.6 Å². The van der Waals surface area contributed by atoms with E-state index in [9.17, 15) is 4.79 Å². The predicted octanol–water partition coefficient (Wildman–Crippen LogP) is 3.67. The summed E-state index contributed by atoms with van der Waals surface area (Å²) in [5, 5.41) is 10.9. The molecule has 0 aliphatic carbocycles. The zero-order valence-electron chi connectivity index (χ0n) is 13.3. The molecule has 2 rings (SSSR count). The lowest BCUT2D eigenvalue weighted by molar-refractivity contribution is 0.151. The molecule has 0 saturated carbocycles. The van der Waals surface area contributed by atoms with Crippen molar-refractivity contribution in [1.82, 2.24) is 4.90 Å². The first-order valence-corrected chi connectivity index (χ1v) is 8.12. The molecular formula is C17H26N2O3. The summed E-state index contributed by atoms with van der Waals surface area (Å²) < 4.78 is 5.73. The number of amides is 1. The quantitative estimate of drug-likeness (QED) is 0.807. The van der Waals surface area contributed by atoms with Crippen molar-refractivity contribution < 1.29 is 14.6 Å². The minimum Gasteiger partial charge on any atom is -0.492 e. The van der Waals surface area contributed by atoms with Crippen molar-refractivity contribution in [1.29, 1.82) is 0 Å². The fourth-order valence-corrected chi connectivity index (χ4v) is 2.96. The lowest BCUT2D eigenvalue weighted by Crippen LogP contribution is -2.36. The maximum absolute atomic E-state index is 10.5. The van der Waals surface area contributed by atoms with E-state index >= 15 is 0 Å². The number of nitrogens with zero attached hydrogens (tertiary/aromatic N) is 1. The number of carbonyl (C=O) groups is 1. The number of carboxylic acid groups (broad SMARTS) is 1. The van der Waals surface area contributed by atoms with E-state index in [0.29, 0.717) is 12.3 Å². The van der Waals surface area contributed by atoms with Gasteiger partial charge in [-0.05, 0) is 56.1 Å². The van der Waals surface area contributed by atoms with Crippen LogP contribution in [0.25, 0.3) is 0 Å². The minimum absolute atomic E-state index is 0.554. The largest absolute Gasteiger partial charge is 0.492 e. The number of nitrogens with one attached hydrogen (secondary N) is 1. The third-order valence-corrected chi connectivity index (χ3v) is 4.19. The highest BCUT2D eigenvalue weighted by Crippen LogP contribution is 2.21. The highest BCUT2D eigenvalue weighted by atomic mass is 16.5. The zero-order chi connectivity index (χ0) is 15.8. The molecule has 1 aromatic rings. The molecule has 1 heterocycles. The molecule has 2 N–H and O–H groups in total. The Labute approximate surface area is 132 Å². The SMILES string of the molecule is CCCC1CCN(CCOc2ccc(NC(=O)O)cc2)CC1. The van der Waals surface area contributed by atoms with Gasteiger partial charge in [-0.1, -0.05) is 19.8 Å². The number of hydrogen-bond acceptors (Lipinski definition) is 3. The van der Waals surface area contributed by atoms with Crippen LogP contribution in [-0.4, -0.2) is 42.3 Å². The summed E-state index contributed by atoms with van der Waals surface area (Å²) in [6, 6.07) is 7.00. The maximum Gasteiger partial charge on any atom is 0.409 e. The summed E-state index contributed by atoms with van der Waals surface area (Å²) in [5.41, 5.74) is 0.554. The van der Waals surface area contributed by atoms with Gasteiger partial charge in [0.05, 0.1) is 0 Å². The van der Waals surface area contributed by atoms with Gasteiger partial charge in [-0.3, -0.25) is 10.2 Å². The average Bonchev–Trinajstić information content (AvgIpc) is 2.50. The van der Waals surface area contributed by atoms with Gasteiger partial charge in [0.2, 0.25) is 0 Å². The molecule has 0 aromatic heterocycles. The smallest absolute Gasteiger partial charge is 0.409 e. The van der Waals surface area contributed by atoms with Crippen molar-refractivity contribution >= 4 is 11.8 Å². The van der Waals surface area contributed by atoms with Gasteiger partial charge in [-0.15, -0.1) is 0 Å². The molecule has 5 nitrogen and oxygen atoms in total. The van der Waals surface area contributed by atoms with Crippen LogP contribution in [0.5, 0.6) is 5.75 Å². The molecule has 1 aliphatic rings. The van der Waals surface area contributed by atoms with Crippen molar-refractivity contribution in [3.63, 3.8) is 0 Å².